The Bertz CT molecular complexity index is 794. The monoisotopic (exact) mass is 379 g/mol. The number of benzene rings is 1. The van der Waals surface area contributed by atoms with Crippen LogP contribution in [0.4, 0.5) is 0 Å². The number of aryl methyl sites for hydroxylation is 1. The first-order chi connectivity index (χ1) is 13.7. The standard InChI is InChI=1S/C23H29N3O2/c1-17-5-4-6-22(25-17)23(27)24-15-19-13-21(14-19)28-20-9-7-18(8-10-20)16-26-11-2-3-12-26/h4-10,19,21H,2-3,11-16H2,1H3,(H,24,27). The summed E-state index contributed by atoms with van der Waals surface area (Å²) in [6.07, 6.45) is 4.87. The number of nitrogens with zero attached hydrogens (tertiary/aromatic N) is 2. The molecule has 1 amide bonds. The van der Waals surface area contributed by atoms with Gasteiger partial charge >= 0.3 is 0 Å². The summed E-state index contributed by atoms with van der Waals surface area (Å²) < 4.78 is 6.07. The van der Waals surface area contributed by atoms with E-state index in [0.717, 1.165) is 30.8 Å². The van der Waals surface area contributed by atoms with Gasteiger partial charge in [-0.05, 0) is 81.4 Å². The van der Waals surface area contributed by atoms with Gasteiger partial charge in [0.05, 0.1) is 6.10 Å². The van der Waals surface area contributed by atoms with Crippen molar-refractivity contribution in [3.05, 3.63) is 59.4 Å². The molecule has 0 radical (unpaired) electrons. The van der Waals surface area contributed by atoms with Crippen LogP contribution in [0.2, 0.25) is 0 Å². The summed E-state index contributed by atoms with van der Waals surface area (Å²) in [7, 11) is 0. The van der Waals surface area contributed by atoms with Crippen molar-refractivity contribution in [2.24, 2.45) is 5.92 Å². The fourth-order valence-corrected chi connectivity index (χ4v) is 4.00. The zero-order valence-corrected chi connectivity index (χ0v) is 16.6. The summed E-state index contributed by atoms with van der Waals surface area (Å²) in [4.78, 5) is 18.9. The third-order valence-electron chi connectivity index (χ3n) is 5.70. The Balaban J connectivity index is 1.17. The Morgan fingerprint density at radius 1 is 1.14 bits per heavy atom. The molecule has 1 aromatic carbocycles. The SMILES string of the molecule is Cc1cccc(C(=O)NCC2CC(Oc3ccc(CN4CCCC4)cc3)C2)n1. The Morgan fingerprint density at radius 3 is 2.61 bits per heavy atom. The molecule has 2 fully saturated rings. The highest BCUT2D eigenvalue weighted by Crippen LogP contribution is 2.31. The van der Waals surface area contributed by atoms with Crippen molar-refractivity contribution in [2.75, 3.05) is 19.6 Å². The van der Waals surface area contributed by atoms with Crippen molar-refractivity contribution in [1.29, 1.82) is 0 Å². The van der Waals surface area contributed by atoms with Gasteiger partial charge in [-0.25, -0.2) is 4.98 Å². The van der Waals surface area contributed by atoms with Crippen LogP contribution in [0.25, 0.3) is 0 Å². The van der Waals surface area contributed by atoms with Crippen molar-refractivity contribution in [1.82, 2.24) is 15.2 Å². The predicted molar refractivity (Wildman–Crippen MR) is 109 cm³/mol. The first kappa shape index (κ1) is 18.9. The van der Waals surface area contributed by atoms with Crippen molar-refractivity contribution in [2.45, 2.75) is 45.3 Å². The molecular formula is C23H29N3O2. The molecule has 5 nitrogen and oxygen atoms in total. The number of aromatic nitrogens is 1. The number of hydrogen-bond donors (Lipinski definition) is 1. The number of carbonyl (C=O) groups is 1. The van der Waals surface area contributed by atoms with E-state index in [-0.39, 0.29) is 12.0 Å². The van der Waals surface area contributed by atoms with E-state index in [9.17, 15) is 4.79 Å². The van der Waals surface area contributed by atoms with E-state index in [1.54, 1.807) is 6.07 Å². The highest BCUT2D eigenvalue weighted by Gasteiger charge is 2.31. The van der Waals surface area contributed by atoms with E-state index in [4.69, 9.17) is 4.74 Å². The molecule has 0 atom stereocenters. The topological polar surface area (TPSA) is 54.5 Å². The lowest BCUT2D eigenvalue weighted by molar-refractivity contribution is 0.0616. The van der Waals surface area contributed by atoms with Gasteiger partial charge in [0.2, 0.25) is 0 Å². The van der Waals surface area contributed by atoms with Crippen LogP contribution in [0.3, 0.4) is 0 Å². The first-order valence-electron chi connectivity index (χ1n) is 10.4. The molecule has 0 unspecified atom stereocenters. The third kappa shape index (κ3) is 4.90. The van der Waals surface area contributed by atoms with Crippen molar-refractivity contribution >= 4 is 5.91 Å². The summed E-state index contributed by atoms with van der Waals surface area (Å²) in [5.41, 5.74) is 2.70. The summed E-state index contributed by atoms with van der Waals surface area (Å²) >= 11 is 0. The minimum Gasteiger partial charge on any atom is -0.490 e. The smallest absolute Gasteiger partial charge is 0.269 e. The maximum Gasteiger partial charge on any atom is 0.269 e. The third-order valence-corrected chi connectivity index (χ3v) is 5.70. The average molecular weight is 380 g/mol. The second-order valence-corrected chi connectivity index (χ2v) is 8.08. The van der Waals surface area contributed by atoms with Gasteiger partial charge in [-0.2, -0.15) is 0 Å². The van der Waals surface area contributed by atoms with Gasteiger partial charge in [-0.15, -0.1) is 0 Å². The van der Waals surface area contributed by atoms with E-state index in [1.807, 2.05) is 19.1 Å². The largest absolute Gasteiger partial charge is 0.490 e. The molecule has 1 aliphatic heterocycles. The molecular weight excluding hydrogens is 350 g/mol. The highest BCUT2D eigenvalue weighted by molar-refractivity contribution is 5.92. The fourth-order valence-electron chi connectivity index (χ4n) is 4.00. The second-order valence-electron chi connectivity index (χ2n) is 8.08. The van der Waals surface area contributed by atoms with Gasteiger partial charge in [-0.3, -0.25) is 9.69 Å². The van der Waals surface area contributed by atoms with Gasteiger partial charge in [-0.1, -0.05) is 18.2 Å². The lowest BCUT2D eigenvalue weighted by Gasteiger charge is -2.35. The Morgan fingerprint density at radius 2 is 1.89 bits per heavy atom. The number of ether oxygens (including phenoxy) is 1. The minimum absolute atomic E-state index is 0.0957. The lowest BCUT2D eigenvalue weighted by Crippen LogP contribution is -2.41. The van der Waals surface area contributed by atoms with E-state index >= 15 is 0 Å². The molecule has 0 spiro atoms. The number of hydrogen-bond acceptors (Lipinski definition) is 4. The van der Waals surface area contributed by atoms with Gasteiger partial charge < -0.3 is 10.1 Å². The van der Waals surface area contributed by atoms with Crippen molar-refractivity contribution in [3.63, 3.8) is 0 Å². The number of likely N-dealkylation sites (tertiary alicyclic amines) is 1. The molecule has 2 aromatic rings. The zero-order chi connectivity index (χ0) is 19.3. The highest BCUT2D eigenvalue weighted by atomic mass is 16.5. The van der Waals surface area contributed by atoms with Gasteiger partial charge in [0.1, 0.15) is 11.4 Å². The fraction of sp³-hybridized carbons (Fsp3) is 0.478. The predicted octanol–water partition coefficient (Wildman–Crippen LogP) is 3.57. The van der Waals surface area contributed by atoms with E-state index in [1.165, 1.54) is 31.5 Å². The summed E-state index contributed by atoms with van der Waals surface area (Å²) in [5.74, 6) is 1.33. The molecule has 5 heteroatoms. The molecule has 1 aromatic heterocycles. The first-order valence-corrected chi connectivity index (χ1v) is 10.4. The number of carbonyl (C=O) groups excluding carboxylic acids is 1. The Kier molecular flexibility index (Phi) is 5.91. The van der Waals surface area contributed by atoms with E-state index < -0.39 is 0 Å². The number of pyridine rings is 1. The Hall–Kier alpha value is -2.40. The normalized spacial score (nSPS) is 21.9. The summed E-state index contributed by atoms with van der Waals surface area (Å²) in [6.45, 7) is 6.06. The Labute approximate surface area is 167 Å². The summed E-state index contributed by atoms with van der Waals surface area (Å²) in [6, 6.07) is 14.0. The van der Waals surface area contributed by atoms with Crippen LogP contribution in [0.1, 0.15) is 47.4 Å². The van der Waals surface area contributed by atoms with Crippen LogP contribution in [0.15, 0.2) is 42.5 Å². The van der Waals surface area contributed by atoms with Crippen molar-refractivity contribution in [3.8, 4) is 5.75 Å². The maximum atomic E-state index is 12.2. The van der Waals surface area contributed by atoms with E-state index in [0.29, 0.717) is 18.2 Å². The van der Waals surface area contributed by atoms with Crippen LogP contribution in [-0.4, -0.2) is 41.5 Å². The second kappa shape index (κ2) is 8.74. The number of nitrogens with one attached hydrogen (secondary N) is 1. The molecule has 28 heavy (non-hydrogen) atoms. The molecule has 4 rings (SSSR count). The van der Waals surface area contributed by atoms with Gasteiger partial charge in [0, 0.05) is 18.8 Å². The van der Waals surface area contributed by atoms with Crippen LogP contribution in [-0.2, 0) is 6.54 Å². The molecule has 2 heterocycles. The molecule has 2 aliphatic rings. The van der Waals surface area contributed by atoms with Crippen LogP contribution in [0, 0.1) is 12.8 Å². The van der Waals surface area contributed by atoms with E-state index in [2.05, 4.69) is 39.5 Å². The zero-order valence-electron chi connectivity index (χ0n) is 16.6. The average Bonchev–Trinajstić information content (AvgIpc) is 3.17. The molecule has 148 valence electrons. The van der Waals surface area contributed by atoms with Gasteiger partial charge in [0.25, 0.3) is 5.91 Å². The number of amides is 1. The van der Waals surface area contributed by atoms with Crippen LogP contribution < -0.4 is 10.1 Å². The molecule has 1 N–H and O–H groups in total. The molecule has 1 saturated heterocycles. The maximum absolute atomic E-state index is 12.2. The molecule has 1 saturated carbocycles. The molecule has 0 bridgehead atoms. The number of rotatable bonds is 7. The van der Waals surface area contributed by atoms with Crippen LogP contribution in [0.5, 0.6) is 5.75 Å². The minimum atomic E-state index is -0.0957. The molecule has 1 aliphatic carbocycles. The lowest BCUT2D eigenvalue weighted by atomic mass is 9.82. The summed E-state index contributed by atoms with van der Waals surface area (Å²) in [5, 5.41) is 2.99. The van der Waals surface area contributed by atoms with Crippen molar-refractivity contribution < 1.29 is 9.53 Å². The van der Waals surface area contributed by atoms with Crippen LogP contribution >= 0.6 is 0 Å². The van der Waals surface area contributed by atoms with Gasteiger partial charge in [0.15, 0.2) is 0 Å². The quantitative estimate of drug-likeness (QED) is 0.799.